The molecule has 6 atom stereocenters. The maximum atomic E-state index is 14.3. The first-order valence-electron chi connectivity index (χ1n) is 11.9. The quantitative estimate of drug-likeness (QED) is 0.282. The molecule has 4 aliphatic rings. The molecule has 3 saturated carbocycles. The van der Waals surface area contributed by atoms with Gasteiger partial charge >= 0.3 is 11.9 Å². The fourth-order valence-electron chi connectivity index (χ4n) is 7.30. The molecule has 8 heteroatoms. The number of ketones is 2. The fourth-order valence-corrected chi connectivity index (χ4v) is 7.30. The number of benzene rings is 1. The lowest BCUT2D eigenvalue weighted by atomic mass is 9.44. The first-order chi connectivity index (χ1) is 16.5. The Balaban J connectivity index is 1.67. The van der Waals surface area contributed by atoms with E-state index in [4.69, 9.17) is 9.47 Å². The van der Waals surface area contributed by atoms with Crippen molar-refractivity contribution in [3.63, 3.8) is 0 Å². The van der Waals surface area contributed by atoms with Crippen molar-refractivity contribution in [3.8, 4) is 0 Å². The first-order valence-corrected chi connectivity index (χ1v) is 11.9. The molecule has 1 aromatic carbocycles. The molecule has 1 aliphatic heterocycles. The van der Waals surface area contributed by atoms with Crippen molar-refractivity contribution in [1.82, 2.24) is 0 Å². The predicted molar refractivity (Wildman–Crippen MR) is 119 cm³/mol. The molecule has 7 nitrogen and oxygen atoms in total. The number of carbonyl (C=O) groups is 5. The third-order valence-electron chi connectivity index (χ3n) is 9.02. The topological polar surface area (TPSA) is 104 Å². The molecule has 3 aliphatic carbocycles. The van der Waals surface area contributed by atoms with Gasteiger partial charge < -0.3 is 14.3 Å². The van der Waals surface area contributed by atoms with Crippen LogP contribution in [0.4, 0.5) is 4.39 Å². The molecule has 0 radical (unpaired) electrons. The molecule has 4 fully saturated rings. The smallest absolute Gasteiger partial charge is 0.341 e. The van der Waals surface area contributed by atoms with E-state index >= 15 is 0 Å². The SMILES string of the molecule is C=C1C(=O)[C@@]23C(=O)OC[C@]4(C(=O)CCC(C)(C)[C@H]4C=O)[C@@H]2CC[C@@H]1[C@H]3OC(=O)c1ccccc1F. The summed E-state index contributed by atoms with van der Waals surface area (Å²) < 4.78 is 25.6. The normalized spacial score (nSPS) is 37.6. The molecule has 2 bridgehead atoms. The van der Waals surface area contributed by atoms with E-state index in [1.165, 1.54) is 18.2 Å². The third kappa shape index (κ3) is 2.85. The monoisotopic (exact) mass is 482 g/mol. The van der Waals surface area contributed by atoms with Crippen LogP contribution in [0.5, 0.6) is 0 Å². The molecule has 0 amide bonds. The van der Waals surface area contributed by atoms with Crippen molar-refractivity contribution in [2.24, 2.45) is 34.0 Å². The Hall–Kier alpha value is -3.16. The molecule has 0 N–H and O–H groups in total. The van der Waals surface area contributed by atoms with Crippen molar-refractivity contribution in [3.05, 3.63) is 47.8 Å². The summed E-state index contributed by atoms with van der Waals surface area (Å²) in [6, 6.07) is 5.26. The summed E-state index contributed by atoms with van der Waals surface area (Å²) >= 11 is 0. The summed E-state index contributed by atoms with van der Waals surface area (Å²) in [5.74, 6) is -5.92. The van der Waals surface area contributed by atoms with Gasteiger partial charge in [-0.3, -0.25) is 14.4 Å². The van der Waals surface area contributed by atoms with Crippen LogP contribution in [0.3, 0.4) is 0 Å². The van der Waals surface area contributed by atoms with Crippen LogP contribution in [-0.2, 0) is 28.7 Å². The van der Waals surface area contributed by atoms with Crippen molar-refractivity contribution in [2.45, 2.75) is 45.6 Å². The van der Waals surface area contributed by atoms with Gasteiger partial charge in [-0.05, 0) is 42.4 Å². The van der Waals surface area contributed by atoms with Crippen LogP contribution >= 0.6 is 0 Å². The van der Waals surface area contributed by atoms with Crippen LogP contribution < -0.4 is 0 Å². The van der Waals surface area contributed by atoms with Gasteiger partial charge in [0.05, 0.1) is 11.0 Å². The van der Waals surface area contributed by atoms with Gasteiger partial charge in [0.1, 0.15) is 30.6 Å². The number of hydrogen-bond donors (Lipinski definition) is 0. The molecule has 184 valence electrons. The zero-order chi connectivity index (χ0) is 25.3. The van der Waals surface area contributed by atoms with Gasteiger partial charge in [0, 0.05) is 24.2 Å². The largest absolute Gasteiger partial charge is 0.464 e. The molecule has 1 saturated heterocycles. The molecule has 2 spiro atoms. The van der Waals surface area contributed by atoms with E-state index in [0.29, 0.717) is 19.3 Å². The van der Waals surface area contributed by atoms with E-state index in [1.807, 2.05) is 13.8 Å². The number of ether oxygens (including phenoxy) is 2. The van der Waals surface area contributed by atoms with Crippen LogP contribution in [0.2, 0.25) is 0 Å². The number of aldehydes is 1. The molecule has 5 rings (SSSR count). The molecular formula is C27H27FO7. The van der Waals surface area contributed by atoms with E-state index in [9.17, 15) is 28.4 Å². The second kappa shape index (κ2) is 7.67. The van der Waals surface area contributed by atoms with Gasteiger partial charge in [0.2, 0.25) is 0 Å². The highest BCUT2D eigenvalue weighted by Gasteiger charge is 2.78. The van der Waals surface area contributed by atoms with Crippen molar-refractivity contribution >= 4 is 29.8 Å². The van der Waals surface area contributed by atoms with E-state index < -0.39 is 63.6 Å². The summed E-state index contributed by atoms with van der Waals surface area (Å²) in [5.41, 5.74) is -4.19. The highest BCUT2D eigenvalue weighted by Crippen LogP contribution is 2.67. The summed E-state index contributed by atoms with van der Waals surface area (Å²) in [6.45, 7) is 7.36. The van der Waals surface area contributed by atoms with Gasteiger partial charge in [0.15, 0.2) is 11.2 Å². The average molecular weight is 483 g/mol. The Morgan fingerprint density at radius 3 is 2.60 bits per heavy atom. The molecule has 0 aromatic heterocycles. The van der Waals surface area contributed by atoms with Crippen molar-refractivity contribution in [1.29, 1.82) is 0 Å². The van der Waals surface area contributed by atoms with Crippen LogP contribution in [0.1, 0.15) is 49.9 Å². The van der Waals surface area contributed by atoms with Crippen LogP contribution in [0.15, 0.2) is 36.4 Å². The Bertz CT molecular complexity index is 1190. The number of fused-ring (bicyclic) bond motifs is 2. The van der Waals surface area contributed by atoms with Crippen LogP contribution in [-0.4, -0.2) is 42.5 Å². The van der Waals surface area contributed by atoms with E-state index in [0.717, 1.165) is 12.4 Å². The second-order valence-electron chi connectivity index (χ2n) is 10.9. The van der Waals surface area contributed by atoms with Gasteiger partial charge in [-0.2, -0.15) is 0 Å². The van der Waals surface area contributed by atoms with Crippen LogP contribution in [0, 0.1) is 39.8 Å². The lowest BCUT2D eigenvalue weighted by Gasteiger charge is -2.59. The molecule has 1 aromatic rings. The Kier molecular flexibility index (Phi) is 5.17. The predicted octanol–water partition coefficient (Wildman–Crippen LogP) is 3.25. The van der Waals surface area contributed by atoms with Gasteiger partial charge in [-0.1, -0.05) is 32.6 Å². The standard InChI is InChI=1S/C27H27FO7/c1-14-15-8-9-18-26(19(12-29)25(2,3)11-10-20(26)30)13-34-24(33)27(18,21(14)31)22(15)35-23(32)16-6-4-5-7-17(16)28/h4-7,12,15,18-19,22H,1,8-11,13H2,2-3H3/t15-,18-,19+,22+,26-,27-/m0/s1. The maximum Gasteiger partial charge on any atom is 0.341 e. The number of cyclic esters (lactones) is 1. The lowest BCUT2D eigenvalue weighted by molar-refractivity contribution is -0.220. The second-order valence-corrected chi connectivity index (χ2v) is 10.9. The Labute approximate surface area is 202 Å². The number of Topliss-reactive ketones (excluding diaryl/α,β-unsaturated/α-hetero) is 2. The van der Waals surface area contributed by atoms with Crippen molar-refractivity contribution < 1.29 is 37.8 Å². The number of hydrogen-bond acceptors (Lipinski definition) is 7. The number of esters is 2. The van der Waals surface area contributed by atoms with Crippen molar-refractivity contribution in [2.75, 3.05) is 6.61 Å². The number of rotatable bonds is 3. The highest BCUT2D eigenvalue weighted by molar-refractivity contribution is 6.17. The van der Waals surface area contributed by atoms with E-state index in [2.05, 4.69) is 6.58 Å². The molecule has 0 unspecified atom stereocenters. The first kappa shape index (κ1) is 23.6. The van der Waals surface area contributed by atoms with Gasteiger partial charge in [-0.15, -0.1) is 0 Å². The summed E-state index contributed by atoms with van der Waals surface area (Å²) in [6.07, 6.45) is 0.734. The highest BCUT2D eigenvalue weighted by atomic mass is 19.1. The summed E-state index contributed by atoms with van der Waals surface area (Å²) in [4.78, 5) is 66.4. The minimum Gasteiger partial charge on any atom is -0.464 e. The minimum atomic E-state index is -2.00. The van der Waals surface area contributed by atoms with Gasteiger partial charge in [-0.25, -0.2) is 9.18 Å². The van der Waals surface area contributed by atoms with Gasteiger partial charge in [0.25, 0.3) is 0 Å². The molecular weight excluding hydrogens is 455 g/mol. The lowest BCUT2D eigenvalue weighted by Crippen LogP contribution is -2.70. The zero-order valence-corrected chi connectivity index (χ0v) is 19.7. The Morgan fingerprint density at radius 1 is 1.20 bits per heavy atom. The maximum absolute atomic E-state index is 14.3. The number of halogens is 1. The minimum absolute atomic E-state index is 0.123. The summed E-state index contributed by atoms with van der Waals surface area (Å²) in [5, 5.41) is 0. The van der Waals surface area contributed by atoms with Crippen LogP contribution in [0.25, 0.3) is 0 Å². The average Bonchev–Trinajstić information content (AvgIpc) is 2.93. The van der Waals surface area contributed by atoms with E-state index in [1.54, 1.807) is 0 Å². The van der Waals surface area contributed by atoms with E-state index in [-0.39, 0.29) is 29.9 Å². The fraction of sp³-hybridized carbons (Fsp3) is 0.519. The molecule has 1 heterocycles. The molecule has 35 heavy (non-hydrogen) atoms. The number of carbonyl (C=O) groups excluding carboxylic acids is 5. The Morgan fingerprint density at radius 2 is 1.91 bits per heavy atom. The summed E-state index contributed by atoms with van der Waals surface area (Å²) in [7, 11) is 0. The third-order valence-corrected chi connectivity index (χ3v) is 9.02. The zero-order valence-electron chi connectivity index (χ0n) is 19.7.